The first-order chi connectivity index (χ1) is 16.2. The highest BCUT2D eigenvalue weighted by atomic mass is 32.2. The third kappa shape index (κ3) is 5.18. The zero-order valence-corrected chi connectivity index (χ0v) is 21.3. The van der Waals surface area contributed by atoms with Gasteiger partial charge in [0, 0.05) is 11.9 Å². The molecule has 2 amide bonds. The van der Waals surface area contributed by atoms with Gasteiger partial charge in [-0.05, 0) is 50.3 Å². The Balaban J connectivity index is 1.41. The summed E-state index contributed by atoms with van der Waals surface area (Å²) in [5.41, 5.74) is 7.93. The second-order valence-electron chi connectivity index (χ2n) is 8.15. The van der Waals surface area contributed by atoms with Crippen molar-refractivity contribution in [3.8, 4) is 0 Å². The number of aromatic nitrogens is 3. The van der Waals surface area contributed by atoms with E-state index in [-0.39, 0.29) is 28.1 Å². The molecule has 0 saturated heterocycles. The standard InChI is InChI=1S/C22H25N5O4S3/c1-13-7-9-14(10-8-13)34(30,31)12-17-25-26-22(27(17)2)32-11-18(28)24-21-19(20(23)29)15-5-3-4-6-16(15)33-21/h7-10H,3-6,11-12H2,1-2H3,(H2,23,29)(H,24,28). The number of nitrogens with zero attached hydrogens (tertiary/aromatic N) is 3. The number of hydrogen-bond donors (Lipinski definition) is 2. The van der Waals surface area contributed by atoms with E-state index in [1.165, 1.54) is 11.3 Å². The number of aryl methyl sites for hydroxylation is 2. The smallest absolute Gasteiger partial charge is 0.251 e. The predicted octanol–water partition coefficient (Wildman–Crippen LogP) is 2.87. The molecular weight excluding hydrogens is 494 g/mol. The number of thioether (sulfide) groups is 1. The van der Waals surface area contributed by atoms with Gasteiger partial charge in [0.25, 0.3) is 5.91 Å². The summed E-state index contributed by atoms with van der Waals surface area (Å²) in [5.74, 6) is -0.824. The zero-order valence-electron chi connectivity index (χ0n) is 18.8. The van der Waals surface area contributed by atoms with Crippen molar-refractivity contribution in [3.63, 3.8) is 0 Å². The van der Waals surface area contributed by atoms with Crippen molar-refractivity contribution in [2.75, 3.05) is 11.1 Å². The largest absolute Gasteiger partial charge is 0.365 e. The van der Waals surface area contributed by atoms with Crippen LogP contribution in [0.5, 0.6) is 0 Å². The van der Waals surface area contributed by atoms with Crippen LogP contribution in [0.1, 0.15) is 45.0 Å². The Morgan fingerprint density at radius 1 is 1.18 bits per heavy atom. The number of nitrogens with two attached hydrogens (primary N) is 1. The van der Waals surface area contributed by atoms with Crippen molar-refractivity contribution in [1.29, 1.82) is 0 Å². The number of amides is 2. The first kappa shape index (κ1) is 24.4. The highest BCUT2D eigenvalue weighted by Gasteiger charge is 2.25. The van der Waals surface area contributed by atoms with Crippen LogP contribution in [0.4, 0.5) is 5.00 Å². The van der Waals surface area contributed by atoms with Gasteiger partial charge >= 0.3 is 0 Å². The molecule has 0 radical (unpaired) electrons. The molecule has 9 nitrogen and oxygen atoms in total. The van der Waals surface area contributed by atoms with Gasteiger partial charge in [-0.3, -0.25) is 9.59 Å². The Morgan fingerprint density at radius 2 is 1.88 bits per heavy atom. The second kappa shape index (κ2) is 9.88. The van der Waals surface area contributed by atoms with E-state index in [2.05, 4.69) is 15.5 Å². The fourth-order valence-corrected chi connectivity index (χ4v) is 7.15. The van der Waals surface area contributed by atoms with E-state index in [0.717, 1.165) is 53.4 Å². The van der Waals surface area contributed by atoms with E-state index in [1.54, 1.807) is 35.9 Å². The fourth-order valence-electron chi connectivity index (χ4n) is 3.80. The number of rotatable bonds is 8. The van der Waals surface area contributed by atoms with Gasteiger partial charge in [-0.2, -0.15) is 0 Å². The summed E-state index contributed by atoms with van der Waals surface area (Å²) in [5, 5.41) is 11.8. The van der Waals surface area contributed by atoms with Crippen molar-refractivity contribution in [2.24, 2.45) is 12.8 Å². The molecule has 1 aromatic carbocycles. The summed E-state index contributed by atoms with van der Waals surface area (Å²) in [6, 6.07) is 6.64. The number of fused-ring (bicyclic) bond motifs is 1. The van der Waals surface area contributed by atoms with Gasteiger partial charge in [0.1, 0.15) is 16.6 Å². The Morgan fingerprint density at radius 3 is 2.59 bits per heavy atom. The van der Waals surface area contributed by atoms with Crippen LogP contribution in [0.25, 0.3) is 0 Å². The average Bonchev–Trinajstić information content (AvgIpc) is 3.32. The molecule has 3 aromatic rings. The van der Waals surface area contributed by atoms with Gasteiger partial charge in [0.15, 0.2) is 15.0 Å². The maximum atomic E-state index is 12.7. The van der Waals surface area contributed by atoms with Crippen molar-refractivity contribution in [2.45, 2.75) is 48.4 Å². The molecule has 1 aliphatic carbocycles. The summed E-state index contributed by atoms with van der Waals surface area (Å²) >= 11 is 2.55. The van der Waals surface area contributed by atoms with Crippen molar-refractivity contribution < 1.29 is 18.0 Å². The molecule has 0 aliphatic heterocycles. The molecule has 0 spiro atoms. The molecule has 4 rings (SSSR count). The maximum Gasteiger partial charge on any atom is 0.251 e. The lowest BCUT2D eigenvalue weighted by atomic mass is 9.95. The molecule has 2 aromatic heterocycles. The lowest BCUT2D eigenvalue weighted by molar-refractivity contribution is -0.113. The number of primary amides is 1. The molecule has 34 heavy (non-hydrogen) atoms. The molecule has 2 heterocycles. The van der Waals surface area contributed by atoms with Gasteiger partial charge in [-0.1, -0.05) is 29.5 Å². The van der Waals surface area contributed by atoms with E-state index in [9.17, 15) is 18.0 Å². The van der Waals surface area contributed by atoms with E-state index in [4.69, 9.17) is 5.73 Å². The first-order valence-electron chi connectivity index (χ1n) is 10.7. The number of carbonyl (C=O) groups is 2. The highest BCUT2D eigenvalue weighted by Crippen LogP contribution is 2.38. The van der Waals surface area contributed by atoms with Gasteiger partial charge in [0.2, 0.25) is 5.91 Å². The minimum atomic E-state index is -3.58. The number of sulfone groups is 1. The van der Waals surface area contributed by atoms with Crippen LogP contribution in [0, 0.1) is 6.92 Å². The normalized spacial score (nSPS) is 13.5. The summed E-state index contributed by atoms with van der Waals surface area (Å²) in [4.78, 5) is 25.9. The minimum absolute atomic E-state index is 0.0253. The summed E-state index contributed by atoms with van der Waals surface area (Å²) in [6.07, 6.45) is 3.74. The number of hydrogen-bond acceptors (Lipinski definition) is 8. The van der Waals surface area contributed by atoms with E-state index in [1.807, 2.05) is 6.92 Å². The average molecular weight is 520 g/mol. The molecule has 1 aliphatic rings. The minimum Gasteiger partial charge on any atom is -0.365 e. The van der Waals surface area contributed by atoms with Crippen LogP contribution in [0.3, 0.4) is 0 Å². The number of thiophene rings is 1. The van der Waals surface area contributed by atoms with Gasteiger partial charge in [-0.25, -0.2) is 8.42 Å². The predicted molar refractivity (Wildman–Crippen MR) is 132 cm³/mol. The molecule has 0 fully saturated rings. The summed E-state index contributed by atoms with van der Waals surface area (Å²) < 4.78 is 27.0. The highest BCUT2D eigenvalue weighted by molar-refractivity contribution is 7.99. The van der Waals surface area contributed by atoms with E-state index in [0.29, 0.717) is 15.7 Å². The molecule has 3 N–H and O–H groups in total. The third-order valence-corrected chi connectivity index (χ3v) is 9.48. The van der Waals surface area contributed by atoms with Crippen molar-refractivity contribution >= 4 is 49.8 Å². The summed E-state index contributed by atoms with van der Waals surface area (Å²) in [7, 11) is -1.91. The zero-order chi connectivity index (χ0) is 24.5. The summed E-state index contributed by atoms with van der Waals surface area (Å²) in [6.45, 7) is 1.89. The fraction of sp³-hybridized carbons (Fsp3) is 0.364. The van der Waals surface area contributed by atoms with Crippen LogP contribution in [0.2, 0.25) is 0 Å². The van der Waals surface area contributed by atoms with Gasteiger partial charge in [-0.15, -0.1) is 21.5 Å². The Bertz CT molecular complexity index is 1340. The van der Waals surface area contributed by atoms with Crippen LogP contribution in [0.15, 0.2) is 34.3 Å². The number of carbonyl (C=O) groups excluding carboxylic acids is 2. The maximum absolute atomic E-state index is 12.7. The van der Waals surface area contributed by atoms with Crippen LogP contribution in [-0.2, 0) is 40.3 Å². The SMILES string of the molecule is Cc1ccc(S(=O)(=O)Cc2nnc(SCC(=O)Nc3sc4c(c3C(N)=O)CCCC4)n2C)cc1. The first-order valence-corrected chi connectivity index (χ1v) is 14.2. The third-order valence-electron chi connectivity index (χ3n) is 5.63. The van der Waals surface area contributed by atoms with Gasteiger partial charge < -0.3 is 15.6 Å². The molecule has 0 atom stereocenters. The number of benzene rings is 1. The van der Waals surface area contributed by atoms with Crippen LogP contribution in [-0.4, -0.2) is 40.7 Å². The topological polar surface area (TPSA) is 137 Å². The van der Waals surface area contributed by atoms with Crippen molar-refractivity contribution in [3.05, 3.63) is 51.7 Å². The Labute approximate surface area is 206 Å². The number of anilines is 1. The number of nitrogens with one attached hydrogen (secondary N) is 1. The molecule has 0 bridgehead atoms. The quantitative estimate of drug-likeness (QED) is 0.437. The molecule has 12 heteroatoms. The second-order valence-corrected chi connectivity index (χ2v) is 12.2. The van der Waals surface area contributed by atoms with Crippen molar-refractivity contribution in [1.82, 2.24) is 14.8 Å². The molecule has 0 saturated carbocycles. The van der Waals surface area contributed by atoms with Gasteiger partial charge in [0.05, 0.1) is 16.2 Å². The van der Waals surface area contributed by atoms with Crippen LogP contribution >= 0.6 is 23.1 Å². The Hall–Kier alpha value is -2.70. The molecule has 180 valence electrons. The molecule has 0 unspecified atom stereocenters. The lowest BCUT2D eigenvalue weighted by Gasteiger charge is -2.11. The monoisotopic (exact) mass is 519 g/mol. The van der Waals surface area contributed by atoms with Crippen LogP contribution < -0.4 is 11.1 Å². The Kier molecular flexibility index (Phi) is 7.10. The molecular formula is C22H25N5O4S3. The lowest BCUT2D eigenvalue weighted by Crippen LogP contribution is -2.19. The van der Waals surface area contributed by atoms with E-state index < -0.39 is 15.7 Å². The van der Waals surface area contributed by atoms with E-state index >= 15 is 0 Å².